The molecule has 0 aliphatic carbocycles. The van der Waals surface area contributed by atoms with Gasteiger partial charge < -0.3 is 0 Å². The molecular weight excluding hydrogens is 282 g/mol. The van der Waals surface area contributed by atoms with Crippen molar-refractivity contribution in [3.63, 3.8) is 0 Å². The quantitative estimate of drug-likeness (QED) is 0.941. The smallest absolute Gasteiger partial charge is 0.273 e. The van der Waals surface area contributed by atoms with E-state index < -0.39 is 10.0 Å². The number of nitrogens with one attached hydrogen (secondary N) is 1. The van der Waals surface area contributed by atoms with E-state index in [9.17, 15) is 8.42 Å². The monoisotopic (exact) mass is 289 g/mol. The van der Waals surface area contributed by atoms with Crippen LogP contribution in [0.3, 0.4) is 0 Å². The minimum atomic E-state index is -3.62. The molecule has 2 aromatic heterocycles. The Morgan fingerprint density at radius 3 is 2.76 bits per heavy atom. The number of sulfonamides is 1. The SMILES string of the molecule is Cc1cc(NS(=O)(=O)c2cnc(Cl)s2)ccn1. The number of hydrogen-bond donors (Lipinski definition) is 1. The molecule has 0 aliphatic rings. The molecule has 0 fully saturated rings. The maximum atomic E-state index is 11.9. The van der Waals surface area contributed by atoms with Gasteiger partial charge in [0.2, 0.25) is 0 Å². The number of aryl methyl sites for hydroxylation is 1. The van der Waals surface area contributed by atoms with Gasteiger partial charge in [-0.05, 0) is 19.1 Å². The highest BCUT2D eigenvalue weighted by Crippen LogP contribution is 2.24. The Bertz CT molecular complexity index is 639. The summed E-state index contributed by atoms with van der Waals surface area (Å²) in [5.74, 6) is 0. The number of aromatic nitrogens is 2. The minimum absolute atomic E-state index is 0.0805. The van der Waals surface area contributed by atoms with Crippen LogP contribution in [0.5, 0.6) is 0 Å². The molecule has 8 heteroatoms. The standard InChI is InChI=1S/C9H8ClN3O2S2/c1-6-4-7(2-3-11-6)13-17(14,15)8-5-12-9(10)16-8/h2-5H,1H3,(H,11,13). The number of rotatable bonds is 3. The van der Waals surface area contributed by atoms with E-state index in [0.29, 0.717) is 5.69 Å². The van der Waals surface area contributed by atoms with Crippen LogP contribution in [0.4, 0.5) is 5.69 Å². The van der Waals surface area contributed by atoms with Crippen molar-refractivity contribution >= 4 is 38.6 Å². The fourth-order valence-corrected chi connectivity index (χ4v) is 3.52. The molecular formula is C9H8ClN3O2S2. The highest BCUT2D eigenvalue weighted by Gasteiger charge is 2.17. The van der Waals surface area contributed by atoms with Crippen LogP contribution in [0.15, 0.2) is 28.7 Å². The molecule has 0 spiro atoms. The molecule has 0 aliphatic heterocycles. The van der Waals surface area contributed by atoms with Gasteiger partial charge in [-0.25, -0.2) is 13.4 Å². The Hall–Kier alpha value is -1.18. The first-order chi connectivity index (χ1) is 7.97. The molecule has 2 heterocycles. The number of thiazole rings is 1. The van der Waals surface area contributed by atoms with Crippen LogP contribution in [0.1, 0.15) is 5.69 Å². The Labute approximate surface area is 108 Å². The van der Waals surface area contributed by atoms with E-state index >= 15 is 0 Å². The van der Waals surface area contributed by atoms with Crippen LogP contribution in [-0.4, -0.2) is 18.4 Å². The van der Waals surface area contributed by atoms with Gasteiger partial charge in [0.25, 0.3) is 10.0 Å². The number of anilines is 1. The summed E-state index contributed by atoms with van der Waals surface area (Å²) in [5.41, 5.74) is 1.19. The number of halogens is 1. The topological polar surface area (TPSA) is 72.0 Å². The van der Waals surface area contributed by atoms with Gasteiger partial charge in [-0.1, -0.05) is 22.9 Å². The van der Waals surface area contributed by atoms with E-state index in [2.05, 4.69) is 14.7 Å². The summed E-state index contributed by atoms with van der Waals surface area (Å²) < 4.78 is 26.5. The summed E-state index contributed by atoms with van der Waals surface area (Å²) in [6, 6.07) is 3.22. The van der Waals surface area contributed by atoms with Gasteiger partial charge in [-0.3, -0.25) is 9.71 Å². The fraction of sp³-hybridized carbons (Fsp3) is 0.111. The Balaban J connectivity index is 2.29. The molecule has 0 aromatic carbocycles. The van der Waals surface area contributed by atoms with Crippen LogP contribution in [0.25, 0.3) is 0 Å². The predicted molar refractivity (Wildman–Crippen MR) is 66.9 cm³/mol. The van der Waals surface area contributed by atoms with E-state index in [1.165, 1.54) is 12.4 Å². The third kappa shape index (κ3) is 2.93. The summed E-state index contributed by atoms with van der Waals surface area (Å²) in [7, 11) is -3.62. The van der Waals surface area contributed by atoms with Crippen molar-refractivity contribution in [1.82, 2.24) is 9.97 Å². The largest absolute Gasteiger partial charge is 0.279 e. The summed E-state index contributed by atoms with van der Waals surface area (Å²) in [6.07, 6.45) is 2.76. The van der Waals surface area contributed by atoms with Crippen LogP contribution in [0, 0.1) is 6.92 Å². The predicted octanol–water partition coefficient (Wildman–Crippen LogP) is 2.30. The second kappa shape index (κ2) is 4.59. The minimum Gasteiger partial charge on any atom is -0.279 e. The first-order valence-corrected chi connectivity index (χ1v) is 7.22. The highest BCUT2D eigenvalue weighted by molar-refractivity contribution is 7.94. The van der Waals surface area contributed by atoms with Crippen molar-refractivity contribution in [1.29, 1.82) is 0 Å². The van der Waals surface area contributed by atoms with E-state index in [1.807, 2.05) is 0 Å². The normalized spacial score (nSPS) is 11.4. The Morgan fingerprint density at radius 2 is 2.18 bits per heavy atom. The zero-order valence-corrected chi connectivity index (χ0v) is 11.1. The summed E-state index contributed by atoms with van der Waals surface area (Å²) in [6.45, 7) is 1.78. The maximum absolute atomic E-state index is 11.9. The number of pyridine rings is 1. The van der Waals surface area contributed by atoms with Gasteiger partial charge in [0, 0.05) is 11.9 Å². The summed E-state index contributed by atoms with van der Waals surface area (Å²) >= 11 is 6.51. The first kappa shape index (κ1) is 12.3. The molecule has 5 nitrogen and oxygen atoms in total. The van der Waals surface area contributed by atoms with Crippen LogP contribution >= 0.6 is 22.9 Å². The van der Waals surface area contributed by atoms with Gasteiger partial charge in [0.15, 0.2) is 8.68 Å². The molecule has 2 aromatic rings. The van der Waals surface area contributed by atoms with Crippen molar-refractivity contribution in [3.05, 3.63) is 34.7 Å². The van der Waals surface area contributed by atoms with Gasteiger partial charge in [-0.2, -0.15) is 0 Å². The molecule has 0 atom stereocenters. The molecule has 0 bridgehead atoms. The van der Waals surface area contributed by atoms with E-state index in [1.54, 1.807) is 19.1 Å². The van der Waals surface area contributed by atoms with Crippen molar-refractivity contribution < 1.29 is 8.42 Å². The van der Waals surface area contributed by atoms with Gasteiger partial charge in [-0.15, -0.1) is 0 Å². The van der Waals surface area contributed by atoms with E-state index in [-0.39, 0.29) is 8.68 Å². The zero-order chi connectivity index (χ0) is 12.5. The lowest BCUT2D eigenvalue weighted by molar-refractivity contribution is 0.603. The zero-order valence-electron chi connectivity index (χ0n) is 8.71. The fourth-order valence-electron chi connectivity index (χ4n) is 1.18. The second-order valence-corrected chi connectivity index (χ2v) is 6.75. The Kier molecular flexibility index (Phi) is 3.32. The molecule has 0 amide bonds. The first-order valence-electron chi connectivity index (χ1n) is 4.54. The van der Waals surface area contributed by atoms with Crippen molar-refractivity contribution in [3.8, 4) is 0 Å². The van der Waals surface area contributed by atoms with Crippen LogP contribution < -0.4 is 4.72 Å². The van der Waals surface area contributed by atoms with Crippen molar-refractivity contribution in [2.75, 3.05) is 4.72 Å². The third-order valence-electron chi connectivity index (χ3n) is 1.87. The van der Waals surface area contributed by atoms with Crippen LogP contribution in [0.2, 0.25) is 4.47 Å². The number of nitrogens with zero attached hydrogens (tertiary/aromatic N) is 2. The van der Waals surface area contributed by atoms with Gasteiger partial charge in [0.1, 0.15) is 0 Å². The second-order valence-electron chi connectivity index (χ2n) is 3.22. The lowest BCUT2D eigenvalue weighted by atomic mass is 10.3. The molecule has 0 saturated carbocycles. The molecule has 90 valence electrons. The van der Waals surface area contributed by atoms with Gasteiger partial charge in [0.05, 0.1) is 11.9 Å². The molecule has 17 heavy (non-hydrogen) atoms. The van der Waals surface area contributed by atoms with E-state index in [0.717, 1.165) is 17.0 Å². The van der Waals surface area contributed by atoms with E-state index in [4.69, 9.17) is 11.6 Å². The molecule has 2 rings (SSSR count). The maximum Gasteiger partial charge on any atom is 0.273 e. The Morgan fingerprint density at radius 1 is 1.41 bits per heavy atom. The third-order valence-corrected chi connectivity index (χ3v) is 4.83. The summed E-state index contributed by atoms with van der Waals surface area (Å²) in [5, 5.41) is 0. The van der Waals surface area contributed by atoms with Crippen LogP contribution in [-0.2, 0) is 10.0 Å². The highest BCUT2D eigenvalue weighted by atomic mass is 35.5. The van der Waals surface area contributed by atoms with Gasteiger partial charge >= 0.3 is 0 Å². The average Bonchev–Trinajstić information content (AvgIpc) is 2.65. The lowest BCUT2D eigenvalue weighted by Gasteiger charge is -2.05. The van der Waals surface area contributed by atoms with Crippen molar-refractivity contribution in [2.24, 2.45) is 0 Å². The molecule has 0 saturated heterocycles. The van der Waals surface area contributed by atoms with Crippen molar-refractivity contribution in [2.45, 2.75) is 11.1 Å². The number of hydrogen-bond acceptors (Lipinski definition) is 5. The molecule has 0 radical (unpaired) electrons. The lowest BCUT2D eigenvalue weighted by Crippen LogP contribution is -2.11. The molecule has 0 unspecified atom stereocenters. The molecule has 1 N–H and O–H groups in total. The average molecular weight is 290 g/mol. The summed E-state index contributed by atoms with van der Waals surface area (Å²) in [4.78, 5) is 7.68.